The Bertz CT molecular complexity index is 781. The molecule has 10 heteroatoms. The number of aromatic nitrogens is 2. The molecule has 1 N–H and O–H groups in total. The number of likely N-dealkylation sites (N-methyl/N-ethyl adjacent to an activating group) is 1. The number of carbonyl (C=O) groups excluding carboxylic acids is 2. The lowest BCUT2D eigenvalue weighted by atomic mass is 10.2. The highest BCUT2D eigenvalue weighted by Gasteiger charge is 2.20. The van der Waals surface area contributed by atoms with Crippen molar-refractivity contribution < 1.29 is 19.2 Å². The van der Waals surface area contributed by atoms with E-state index < -0.39 is 22.9 Å². The number of esters is 1. The van der Waals surface area contributed by atoms with Crippen molar-refractivity contribution in [2.24, 2.45) is 0 Å². The van der Waals surface area contributed by atoms with Gasteiger partial charge in [0.2, 0.25) is 5.95 Å². The van der Waals surface area contributed by atoms with Gasteiger partial charge in [0.05, 0.1) is 4.92 Å². The minimum Gasteiger partial charge on any atom is -0.451 e. The van der Waals surface area contributed by atoms with Gasteiger partial charge in [0.25, 0.3) is 11.6 Å². The summed E-state index contributed by atoms with van der Waals surface area (Å²) in [6.07, 6.45) is 2.05. The van der Waals surface area contributed by atoms with E-state index in [9.17, 15) is 19.7 Å². The van der Waals surface area contributed by atoms with E-state index in [1.54, 1.807) is 25.5 Å². The lowest BCUT2D eigenvalue weighted by Crippen LogP contribution is -2.35. The molecule has 0 saturated carbocycles. The molecule has 10 nitrogen and oxygen atoms in total. The smallest absolute Gasteiger partial charge is 0.326 e. The Morgan fingerprint density at radius 1 is 1.27 bits per heavy atom. The number of nitrogens with zero attached hydrogens (tertiary/aromatic N) is 4. The van der Waals surface area contributed by atoms with Gasteiger partial charge in [-0.25, -0.2) is 9.97 Å². The highest BCUT2D eigenvalue weighted by molar-refractivity contribution is 5.95. The van der Waals surface area contributed by atoms with Crippen LogP contribution in [0.5, 0.6) is 0 Å². The number of nitro groups is 1. The minimum atomic E-state index is -1.04. The first-order valence-corrected chi connectivity index (χ1v) is 7.60. The molecule has 136 valence electrons. The zero-order chi connectivity index (χ0) is 19.1. The minimum absolute atomic E-state index is 0.0892. The van der Waals surface area contributed by atoms with Gasteiger partial charge in [0.1, 0.15) is 6.54 Å². The van der Waals surface area contributed by atoms with Crippen LogP contribution in [-0.2, 0) is 14.3 Å². The number of hydrogen-bond donors (Lipinski definition) is 1. The van der Waals surface area contributed by atoms with Crippen molar-refractivity contribution in [3.05, 3.63) is 52.8 Å². The standard InChI is InChI=1S/C16H17N5O5/c1-11(15(23)19-12-4-6-13(7-5-12)21(24)25)26-14(22)10-20(2)16-17-8-3-9-18-16/h3-9,11H,10H2,1-2H3,(H,19,23). The first kappa shape index (κ1) is 18.8. The van der Waals surface area contributed by atoms with Gasteiger partial charge in [-0.2, -0.15) is 0 Å². The summed E-state index contributed by atoms with van der Waals surface area (Å²) < 4.78 is 5.08. The maximum Gasteiger partial charge on any atom is 0.326 e. The van der Waals surface area contributed by atoms with E-state index in [-0.39, 0.29) is 12.2 Å². The third-order valence-electron chi connectivity index (χ3n) is 3.28. The fraction of sp³-hybridized carbons (Fsp3) is 0.250. The highest BCUT2D eigenvalue weighted by Crippen LogP contribution is 2.15. The van der Waals surface area contributed by atoms with Crippen LogP contribution in [0.25, 0.3) is 0 Å². The number of nitrogens with one attached hydrogen (secondary N) is 1. The van der Waals surface area contributed by atoms with Crippen LogP contribution in [0, 0.1) is 10.1 Å². The van der Waals surface area contributed by atoms with E-state index in [1.165, 1.54) is 36.1 Å². The monoisotopic (exact) mass is 359 g/mol. The molecule has 0 aliphatic heterocycles. The van der Waals surface area contributed by atoms with Gasteiger partial charge >= 0.3 is 5.97 Å². The average molecular weight is 359 g/mol. The molecule has 1 atom stereocenters. The van der Waals surface area contributed by atoms with Crippen LogP contribution in [0.1, 0.15) is 6.92 Å². The van der Waals surface area contributed by atoms with E-state index in [2.05, 4.69) is 15.3 Å². The van der Waals surface area contributed by atoms with Gasteiger partial charge in [-0.3, -0.25) is 19.7 Å². The molecule has 1 heterocycles. The Balaban J connectivity index is 1.85. The molecule has 0 aliphatic carbocycles. The largest absolute Gasteiger partial charge is 0.451 e. The van der Waals surface area contributed by atoms with Crippen LogP contribution < -0.4 is 10.2 Å². The van der Waals surface area contributed by atoms with E-state index in [0.29, 0.717) is 11.6 Å². The summed E-state index contributed by atoms with van der Waals surface area (Å²) in [5.74, 6) is -0.815. The van der Waals surface area contributed by atoms with Crippen molar-refractivity contribution in [2.75, 3.05) is 23.8 Å². The summed E-state index contributed by atoms with van der Waals surface area (Å²) in [7, 11) is 1.62. The van der Waals surface area contributed by atoms with Crippen LogP contribution in [0.15, 0.2) is 42.7 Å². The summed E-state index contributed by atoms with van der Waals surface area (Å²) in [4.78, 5) is 43.6. The second-order valence-corrected chi connectivity index (χ2v) is 5.33. The fourth-order valence-corrected chi connectivity index (χ4v) is 1.95. The molecule has 0 fully saturated rings. The van der Waals surface area contributed by atoms with Crippen LogP contribution in [0.2, 0.25) is 0 Å². The number of non-ortho nitro benzene ring substituents is 1. The summed E-state index contributed by atoms with van der Waals surface area (Å²) in [6, 6.07) is 6.97. The Morgan fingerprint density at radius 2 is 1.88 bits per heavy atom. The van der Waals surface area contributed by atoms with Crippen LogP contribution in [0.4, 0.5) is 17.3 Å². The molecule has 0 radical (unpaired) electrons. The van der Waals surface area contributed by atoms with Crippen molar-refractivity contribution >= 4 is 29.2 Å². The van der Waals surface area contributed by atoms with Gasteiger partial charge in [-0.15, -0.1) is 0 Å². The third-order valence-corrected chi connectivity index (χ3v) is 3.28. The summed E-state index contributed by atoms with van der Waals surface area (Å²) in [5.41, 5.74) is 0.270. The molecule has 0 spiro atoms. The Labute approximate surface area is 149 Å². The van der Waals surface area contributed by atoms with Gasteiger partial charge in [0, 0.05) is 37.3 Å². The Hall–Kier alpha value is -3.56. The molecule has 1 unspecified atom stereocenters. The molecule has 1 aromatic heterocycles. The van der Waals surface area contributed by atoms with E-state index in [1.807, 2.05) is 0 Å². The lowest BCUT2D eigenvalue weighted by molar-refractivity contribution is -0.384. The molecule has 2 aromatic rings. The number of ether oxygens (including phenoxy) is 1. The van der Waals surface area contributed by atoms with Gasteiger partial charge in [-0.1, -0.05) is 0 Å². The maximum atomic E-state index is 12.1. The SMILES string of the molecule is CC(OC(=O)CN(C)c1ncccn1)C(=O)Nc1ccc([N+](=O)[O-])cc1. The second-order valence-electron chi connectivity index (χ2n) is 5.33. The molecule has 26 heavy (non-hydrogen) atoms. The molecule has 2 rings (SSSR count). The topological polar surface area (TPSA) is 128 Å². The second kappa shape index (κ2) is 8.51. The number of nitro benzene ring substituents is 1. The number of benzene rings is 1. The van der Waals surface area contributed by atoms with Crippen LogP contribution in [-0.4, -0.2) is 46.5 Å². The number of carbonyl (C=O) groups is 2. The van der Waals surface area contributed by atoms with Crippen LogP contribution >= 0.6 is 0 Å². The number of amides is 1. The molecule has 0 aliphatic rings. The number of hydrogen-bond acceptors (Lipinski definition) is 8. The predicted octanol–water partition coefficient (Wildman–Crippen LogP) is 1.39. The number of rotatable bonds is 7. The first-order chi connectivity index (χ1) is 12.4. The average Bonchev–Trinajstić information content (AvgIpc) is 2.62. The Kier molecular flexibility index (Phi) is 6.15. The van der Waals surface area contributed by atoms with E-state index in [0.717, 1.165) is 0 Å². The zero-order valence-electron chi connectivity index (χ0n) is 14.2. The highest BCUT2D eigenvalue weighted by atomic mass is 16.6. The van der Waals surface area contributed by atoms with E-state index in [4.69, 9.17) is 4.74 Å². The lowest BCUT2D eigenvalue weighted by Gasteiger charge is -2.18. The van der Waals surface area contributed by atoms with Crippen molar-refractivity contribution in [3.63, 3.8) is 0 Å². The normalized spacial score (nSPS) is 11.3. The molecule has 1 amide bonds. The molecule has 0 saturated heterocycles. The molecular weight excluding hydrogens is 342 g/mol. The van der Waals surface area contributed by atoms with Crippen molar-refractivity contribution in [3.8, 4) is 0 Å². The predicted molar refractivity (Wildman–Crippen MR) is 92.6 cm³/mol. The van der Waals surface area contributed by atoms with Crippen molar-refractivity contribution in [1.29, 1.82) is 0 Å². The molecule has 1 aromatic carbocycles. The first-order valence-electron chi connectivity index (χ1n) is 7.60. The van der Waals surface area contributed by atoms with E-state index >= 15 is 0 Å². The summed E-state index contributed by atoms with van der Waals surface area (Å²) >= 11 is 0. The quantitative estimate of drug-likeness (QED) is 0.446. The number of anilines is 2. The molecule has 0 bridgehead atoms. The van der Waals surface area contributed by atoms with Crippen LogP contribution in [0.3, 0.4) is 0 Å². The fourth-order valence-electron chi connectivity index (χ4n) is 1.95. The van der Waals surface area contributed by atoms with Crippen molar-refractivity contribution in [2.45, 2.75) is 13.0 Å². The van der Waals surface area contributed by atoms with Gasteiger partial charge in [0.15, 0.2) is 6.10 Å². The van der Waals surface area contributed by atoms with Gasteiger partial charge in [-0.05, 0) is 25.1 Å². The zero-order valence-corrected chi connectivity index (χ0v) is 14.2. The molecular formula is C16H17N5O5. The third kappa shape index (κ3) is 5.23. The Morgan fingerprint density at radius 3 is 2.46 bits per heavy atom. The maximum absolute atomic E-state index is 12.1. The summed E-state index contributed by atoms with van der Waals surface area (Å²) in [6.45, 7) is 1.30. The van der Waals surface area contributed by atoms with Crippen molar-refractivity contribution in [1.82, 2.24) is 9.97 Å². The summed E-state index contributed by atoms with van der Waals surface area (Å²) in [5, 5.41) is 13.1. The van der Waals surface area contributed by atoms with Gasteiger partial charge < -0.3 is 15.0 Å².